The highest BCUT2D eigenvalue weighted by molar-refractivity contribution is 6.39. The van der Waals surface area contributed by atoms with Crippen LogP contribution in [0, 0.1) is 0 Å². The number of anilines is 4. The summed E-state index contributed by atoms with van der Waals surface area (Å²) >= 11 is 12.4. The predicted molar refractivity (Wildman–Crippen MR) is 98.9 cm³/mol. The molecule has 0 radical (unpaired) electrons. The van der Waals surface area contributed by atoms with Crippen LogP contribution in [0.5, 0.6) is 0 Å². The van der Waals surface area contributed by atoms with E-state index in [1.54, 1.807) is 24.4 Å². The number of hydrogen-bond acceptors (Lipinski definition) is 4. The topological polar surface area (TPSA) is 41.1 Å². The molecule has 4 nitrogen and oxygen atoms in total. The molecule has 1 aromatic heterocycles. The lowest BCUT2D eigenvalue weighted by molar-refractivity contribution is 0.966. The van der Waals surface area contributed by atoms with Crippen LogP contribution in [0.15, 0.2) is 54.7 Å². The first-order valence-corrected chi connectivity index (χ1v) is 8.37. The lowest BCUT2D eigenvalue weighted by Crippen LogP contribution is -2.15. The molecule has 0 saturated heterocycles. The van der Waals surface area contributed by atoms with Crippen LogP contribution in [0.1, 0.15) is 5.56 Å². The molecule has 3 aromatic rings. The SMILES string of the molecule is Clc1cccc(Cl)c1Nc1nccc(N2CCc3ccccc32)n1. The number of halogens is 2. The first kappa shape index (κ1) is 15.2. The molecule has 0 amide bonds. The van der Waals surface area contributed by atoms with Crippen LogP contribution in [0.25, 0.3) is 0 Å². The van der Waals surface area contributed by atoms with Gasteiger partial charge in [0.05, 0.1) is 15.7 Å². The number of benzene rings is 2. The van der Waals surface area contributed by atoms with Crippen LogP contribution < -0.4 is 10.2 Å². The van der Waals surface area contributed by atoms with Crippen molar-refractivity contribution in [2.24, 2.45) is 0 Å². The van der Waals surface area contributed by atoms with Crippen molar-refractivity contribution in [3.63, 3.8) is 0 Å². The van der Waals surface area contributed by atoms with Gasteiger partial charge in [0.1, 0.15) is 5.82 Å². The summed E-state index contributed by atoms with van der Waals surface area (Å²) in [5, 5.41) is 4.18. The molecule has 0 saturated carbocycles. The molecule has 0 aliphatic carbocycles. The summed E-state index contributed by atoms with van der Waals surface area (Å²) in [6.07, 6.45) is 2.75. The highest BCUT2D eigenvalue weighted by Crippen LogP contribution is 2.35. The Hall–Kier alpha value is -2.30. The third-order valence-corrected chi connectivity index (χ3v) is 4.63. The zero-order chi connectivity index (χ0) is 16.5. The van der Waals surface area contributed by atoms with E-state index in [0.717, 1.165) is 18.8 Å². The van der Waals surface area contributed by atoms with Gasteiger partial charge in [-0.1, -0.05) is 47.5 Å². The molecule has 1 aliphatic rings. The number of hydrogen-bond donors (Lipinski definition) is 1. The van der Waals surface area contributed by atoms with Crippen LogP contribution in [0.2, 0.25) is 10.0 Å². The van der Waals surface area contributed by atoms with Crippen molar-refractivity contribution < 1.29 is 0 Å². The second kappa shape index (κ2) is 6.30. The van der Waals surface area contributed by atoms with E-state index in [1.807, 2.05) is 12.1 Å². The third-order valence-electron chi connectivity index (χ3n) is 4.00. The summed E-state index contributed by atoms with van der Waals surface area (Å²) in [7, 11) is 0. The zero-order valence-corrected chi connectivity index (χ0v) is 14.2. The van der Waals surface area contributed by atoms with Gasteiger partial charge in [0, 0.05) is 18.4 Å². The lowest BCUT2D eigenvalue weighted by atomic mass is 10.2. The van der Waals surface area contributed by atoms with E-state index >= 15 is 0 Å². The molecular formula is C18H14Cl2N4. The van der Waals surface area contributed by atoms with E-state index in [1.165, 1.54) is 11.3 Å². The van der Waals surface area contributed by atoms with Crippen molar-refractivity contribution in [3.8, 4) is 0 Å². The van der Waals surface area contributed by atoms with Crippen molar-refractivity contribution in [2.45, 2.75) is 6.42 Å². The standard InChI is InChI=1S/C18H14Cl2N4/c19-13-5-3-6-14(20)17(13)23-18-21-10-8-16(22-18)24-11-9-12-4-1-2-7-15(12)24/h1-8,10H,9,11H2,(H,21,22,23). The first-order valence-electron chi connectivity index (χ1n) is 7.62. The van der Waals surface area contributed by atoms with E-state index in [0.29, 0.717) is 21.7 Å². The van der Waals surface area contributed by atoms with Crippen molar-refractivity contribution in [1.82, 2.24) is 9.97 Å². The van der Waals surface area contributed by atoms with Crippen LogP contribution in [-0.2, 0) is 6.42 Å². The predicted octanol–water partition coefficient (Wildman–Crippen LogP) is 5.22. The Morgan fingerprint density at radius 3 is 2.58 bits per heavy atom. The quantitative estimate of drug-likeness (QED) is 0.698. The molecule has 4 rings (SSSR count). The molecule has 2 aromatic carbocycles. The fourth-order valence-electron chi connectivity index (χ4n) is 2.86. The summed E-state index contributed by atoms with van der Waals surface area (Å²) in [6, 6.07) is 15.6. The van der Waals surface area contributed by atoms with Crippen LogP contribution >= 0.6 is 23.2 Å². The maximum atomic E-state index is 6.20. The molecule has 0 atom stereocenters. The Labute approximate surface area is 150 Å². The summed E-state index contributed by atoms with van der Waals surface area (Å²) in [4.78, 5) is 11.1. The number of nitrogens with zero attached hydrogens (tertiary/aromatic N) is 3. The Morgan fingerprint density at radius 2 is 1.75 bits per heavy atom. The van der Waals surface area contributed by atoms with Crippen LogP contribution in [0.3, 0.4) is 0 Å². The van der Waals surface area contributed by atoms with Gasteiger partial charge in [-0.15, -0.1) is 0 Å². The van der Waals surface area contributed by atoms with E-state index in [4.69, 9.17) is 23.2 Å². The molecule has 0 fully saturated rings. The molecule has 0 unspecified atom stereocenters. The van der Waals surface area contributed by atoms with Gasteiger partial charge < -0.3 is 10.2 Å². The van der Waals surface area contributed by atoms with Crippen molar-refractivity contribution in [1.29, 1.82) is 0 Å². The Bertz CT molecular complexity index is 877. The number of nitrogens with one attached hydrogen (secondary N) is 1. The average Bonchev–Trinajstić information content (AvgIpc) is 3.03. The van der Waals surface area contributed by atoms with Gasteiger partial charge in [-0.25, -0.2) is 4.98 Å². The molecule has 0 bridgehead atoms. The Morgan fingerprint density at radius 1 is 0.958 bits per heavy atom. The first-order chi connectivity index (χ1) is 11.7. The van der Waals surface area contributed by atoms with Crippen molar-refractivity contribution >= 4 is 46.3 Å². The minimum Gasteiger partial charge on any atom is -0.326 e. The maximum absolute atomic E-state index is 6.20. The molecule has 24 heavy (non-hydrogen) atoms. The Kier molecular flexibility index (Phi) is 4.00. The van der Waals surface area contributed by atoms with Crippen molar-refractivity contribution in [3.05, 3.63) is 70.3 Å². The zero-order valence-electron chi connectivity index (χ0n) is 12.7. The largest absolute Gasteiger partial charge is 0.326 e. The smallest absolute Gasteiger partial charge is 0.229 e. The van der Waals surface area contributed by atoms with Gasteiger partial charge in [-0.05, 0) is 36.2 Å². The monoisotopic (exact) mass is 356 g/mol. The number of fused-ring (bicyclic) bond motifs is 1. The molecule has 120 valence electrons. The third kappa shape index (κ3) is 2.79. The fraction of sp³-hybridized carbons (Fsp3) is 0.111. The number of rotatable bonds is 3. The minimum absolute atomic E-state index is 0.465. The number of aromatic nitrogens is 2. The van der Waals surface area contributed by atoms with Gasteiger partial charge in [0.15, 0.2) is 0 Å². The average molecular weight is 357 g/mol. The van der Waals surface area contributed by atoms with Gasteiger partial charge in [0.25, 0.3) is 0 Å². The lowest BCUT2D eigenvalue weighted by Gasteiger charge is -2.19. The Balaban J connectivity index is 1.66. The fourth-order valence-corrected chi connectivity index (χ4v) is 3.36. The van der Waals surface area contributed by atoms with E-state index < -0.39 is 0 Å². The second-order valence-electron chi connectivity index (χ2n) is 5.49. The molecule has 2 heterocycles. The minimum atomic E-state index is 0.465. The molecule has 1 aliphatic heterocycles. The van der Waals surface area contributed by atoms with Gasteiger partial charge in [0.2, 0.25) is 5.95 Å². The molecular weight excluding hydrogens is 343 g/mol. The highest BCUT2D eigenvalue weighted by atomic mass is 35.5. The van der Waals surface area contributed by atoms with Crippen LogP contribution in [-0.4, -0.2) is 16.5 Å². The molecule has 6 heteroatoms. The van der Waals surface area contributed by atoms with Crippen molar-refractivity contribution in [2.75, 3.05) is 16.8 Å². The summed E-state index contributed by atoms with van der Waals surface area (Å²) in [5.74, 6) is 1.31. The number of para-hydroxylation sites is 2. The van der Waals surface area contributed by atoms with Crippen LogP contribution in [0.4, 0.5) is 23.1 Å². The van der Waals surface area contributed by atoms with Gasteiger partial charge in [-0.3, -0.25) is 0 Å². The van der Waals surface area contributed by atoms with E-state index in [2.05, 4.69) is 38.4 Å². The second-order valence-corrected chi connectivity index (χ2v) is 6.30. The van der Waals surface area contributed by atoms with E-state index in [-0.39, 0.29) is 0 Å². The summed E-state index contributed by atoms with van der Waals surface area (Å²) in [6.45, 7) is 0.905. The maximum Gasteiger partial charge on any atom is 0.229 e. The normalized spacial score (nSPS) is 13.0. The van der Waals surface area contributed by atoms with Gasteiger partial charge >= 0.3 is 0 Å². The highest BCUT2D eigenvalue weighted by Gasteiger charge is 2.21. The summed E-state index contributed by atoms with van der Waals surface area (Å²) < 4.78 is 0. The molecule has 0 spiro atoms. The van der Waals surface area contributed by atoms with E-state index in [9.17, 15) is 0 Å². The van der Waals surface area contributed by atoms with Gasteiger partial charge in [-0.2, -0.15) is 4.98 Å². The molecule has 1 N–H and O–H groups in total. The summed E-state index contributed by atoms with van der Waals surface area (Å²) in [5.41, 5.74) is 3.14.